The van der Waals surface area contributed by atoms with E-state index in [0.717, 1.165) is 29.3 Å². The van der Waals surface area contributed by atoms with E-state index >= 15 is 0 Å². The minimum atomic E-state index is -0.320. The molecule has 20 heavy (non-hydrogen) atoms. The number of ether oxygens (including phenoxy) is 3. The summed E-state index contributed by atoms with van der Waals surface area (Å²) in [5, 5.41) is 0. The Morgan fingerprint density at radius 3 is 2.55 bits per heavy atom. The zero-order valence-electron chi connectivity index (χ0n) is 12.2. The Hall–Kier alpha value is -0.420. The molecule has 0 N–H and O–H groups in total. The molecule has 1 fully saturated rings. The molecule has 1 aliphatic rings. The Morgan fingerprint density at radius 1 is 1.25 bits per heavy atom. The van der Waals surface area contributed by atoms with E-state index in [1.54, 1.807) is 0 Å². The smallest absolute Gasteiger partial charge is 0.157 e. The Kier molecular flexibility index (Phi) is 6.02. The summed E-state index contributed by atoms with van der Waals surface area (Å²) in [6, 6.07) is 8.12. The quantitative estimate of drug-likeness (QED) is 0.771. The molecule has 0 aromatic heterocycles. The Bertz CT molecular complexity index is 414. The maximum atomic E-state index is 6.13. The molecule has 0 atom stereocenters. The first-order valence-corrected chi connectivity index (χ1v) is 8.09. The van der Waals surface area contributed by atoms with Crippen LogP contribution in [0.3, 0.4) is 0 Å². The minimum absolute atomic E-state index is 0.0632. The van der Waals surface area contributed by atoms with Crippen molar-refractivity contribution >= 4 is 15.9 Å². The zero-order valence-corrected chi connectivity index (χ0v) is 13.8. The number of halogens is 1. The molecule has 2 rings (SSSR count). The SMILES string of the molecule is CCC[C@H]1OC[C@@](CC)(OCc2ccccc2Br)CO1. The van der Waals surface area contributed by atoms with E-state index in [4.69, 9.17) is 14.2 Å². The fraction of sp³-hybridized carbons (Fsp3) is 0.625. The van der Waals surface area contributed by atoms with Gasteiger partial charge in [0.05, 0.1) is 19.8 Å². The van der Waals surface area contributed by atoms with Gasteiger partial charge in [-0.2, -0.15) is 0 Å². The molecule has 1 saturated heterocycles. The molecule has 0 bridgehead atoms. The van der Waals surface area contributed by atoms with Crippen LogP contribution in [-0.4, -0.2) is 25.1 Å². The van der Waals surface area contributed by atoms with Gasteiger partial charge in [0.2, 0.25) is 0 Å². The first kappa shape index (κ1) is 16.0. The third-order valence-electron chi connectivity index (χ3n) is 3.72. The molecule has 1 heterocycles. The van der Waals surface area contributed by atoms with Gasteiger partial charge in [-0.3, -0.25) is 0 Å². The molecule has 1 aromatic carbocycles. The summed E-state index contributed by atoms with van der Waals surface area (Å²) in [4.78, 5) is 0. The maximum Gasteiger partial charge on any atom is 0.157 e. The molecule has 1 aromatic rings. The largest absolute Gasteiger partial charge is 0.365 e. The molecule has 1 aliphatic heterocycles. The maximum absolute atomic E-state index is 6.13. The molecule has 112 valence electrons. The van der Waals surface area contributed by atoms with Gasteiger partial charge in [0.15, 0.2) is 6.29 Å². The highest BCUT2D eigenvalue weighted by Crippen LogP contribution is 2.27. The highest BCUT2D eigenvalue weighted by atomic mass is 79.9. The minimum Gasteiger partial charge on any atom is -0.365 e. The zero-order chi connectivity index (χ0) is 14.4. The van der Waals surface area contributed by atoms with Gasteiger partial charge in [0.25, 0.3) is 0 Å². The van der Waals surface area contributed by atoms with Crippen LogP contribution < -0.4 is 0 Å². The highest BCUT2D eigenvalue weighted by molar-refractivity contribution is 9.10. The van der Waals surface area contributed by atoms with Gasteiger partial charge in [-0.1, -0.05) is 54.4 Å². The molecule has 0 amide bonds. The predicted molar refractivity (Wildman–Crippen MR) is 82.6 cm³/mol. The summed E-state index contributed by atoms with van der Waals surface area (Å²) in [5.74, 6) is 0. The van der Waals surface area contributed by atoms with E-state index in [1.165, 1.54) is 0 Å². The third-order valence-corrected chi connectivity index (χ3v) is 4.50. The van der Waals surface area contributed by atoms with E-state index in [9.17, 15) is 0 Å². The van der Waals surface area contributed by atoms with Crippen molar-refractivity contribution in [3.05, 3.63) is 34.3 Å². The number of benzene rings is 1. The lowest BCUT2D eigenvalue weighted by Crippen LogP contribution is -2.48. The van der Waals surface area contributed by atoms with Crippen molar-refractivity contribution in [3.8, 4) is 0 Å². The molecule has 3 nitrogen and oxygen atoms in total. The van der Waals surface area contributed by atoms with E-state index in [0.29, 0.717) is 19.8 Å². The van der Waals surface area contributed by atoms with E-state index in [2.05, 4.69) is 35.8 Å². The lowest BCUT2D eigenvalue weighted by Gasteiger charge is -2.39. The van der Waals surface area contributed by atoms with Crippen LogP contribution in [0.1, 0.15) is 38.7 Å². The monoisotopic (exact) mass is 342 g/mol. The third kappa shape index (κ3) is 4.04. The van der Waals surface area contributed by atoms with Crippen LogP contribution in [0.2, 0.25) is 0 Å². The van der Waals surface area contributed by atoms with Crippen molar-refractivity contribution in [2.75, 3.05) is 13.2 Å². The first-order chi connectivity index (χ1) is 9.69. The topological polar surface area (TPSA) is 27.7 Å². The normalized spacial score (nSPS) is 26.6. The van der Waals surface area contributed by atoms with Crippen LogP contribution in [0.15, 0.2) is 28.7 Å². The molecule has 0 radical (unpaired) electrons. The van der Waals surface area contributed by atoms with E-state index < -0.39 is 0 Å². The highest BCUT2D eigenvalue weighted by Gasteiger charge is 2.36. The van der Waals surface area contributed by atoms with Gasteiger partial charge in [-0.15, -0.1) is 0 Å². The van der Waals surface area contributed by atoms with Gasteiger partial charge >= 0.3 is 0 Å². The summed E-state index contributed by atoms with van der Waals surface area (Å²) >= 11 is 3.55. The molecule has 4 heteroatoms. The first-order valence-electron chi connectivity index (χ1n) is 7.29. The Balaban J connectivity index is 1.91. The average molecular weight is 343 g/mol. The number of hydrogen-bond donors (Lipinski definition) is 0. The summed E-state index contributed by atoms with van der Waals surface area (Å²) in [6.07, 6.45) is 2.84. The van der Waals surface area contributed by atoms with Crippen LogP contribution in [0.5, 0.6) is 0 Å². The van der Waals surface area contributed by atoms with Gasteiger partial charge in [-0.05, 0) is 24.5 Å². The second-order valence-corrected chi connectivity index (χ2v) is 6.11. The fourth-order valence-electron chi connectivity index (χ4n) is 2.22. The Labute approximate surface area is 129 Å². The molecular weight excluding hydrogens is 320 g/mol. The summed E-state index contributed by atoms with van der Waals surface area (Å²) < 4.78 is 18.8. The second-order valence-electron chi connectivity index (χ2n) is 5.26. The van der Waals surface area contributed by atoms with Crippen LogP contribution in [-0.2, 0) is 20.8 Å². The lowest BCUT2D eigenvalue weighted by atomic mass is 10.0. The van der Waals surface area contributed by atoms with Crippen molar-refractivity contribution < 1.29 is 14.2 Å². The standard InChI is InChI=1S/C16H23BrO3/c1-3-7-15-18-11-16(4-2,12-19-15)20-10-13-8-5-6-9-14(13)17/h5-6,8-9,15H,3-4,7,10-12H2,1-2H3/t15-,16+. The number of hydrogen-bond acceptors (Lipinski definition) is 3. The number of rotatable bonds is 6. The van der Waals surface area contributed by atoms with Gasteiger partial charge in [0, 0.05) is 4.47 Å². The summed E-state index contributed by atoms with van der Waals surface area (Å²) in [6.45, 7) is 6.04. The molecule has 0 saturated carbocycles. The molecule has 0 aliphatic carbocycles. The summed E-state index contributed by atoms with van der Waals surface area (Å²) in [5.41, 5.74) is 0.829. The van der Waals surface area contributed by atoms with Crippen molar-refractivity contribution in [3.63, 3.8) is 0 Å². The van der Waals surface area contributed by atoms with Crippen molar-refractivity contribution in [2.45, 2.75) is 51.6 Å². The van der Waals surface area contributed by atoms with E-state index in [1.807, 2.05) is 18.2 Å². The van der Waals surface area contributed by atoms with Crippen LogP contribution in [0, 0.1) is 0 Å². The molecule has 0 unspecified atom stereocenters. The van der Waals surface area contributed by atoms with E-state index in [-0.39, 0.29) is 11.9 Å². The lowest BCUT2D eigenvalue weighted by molar-refractivity contribution is -0.270. The van der Waals surface area contributed by atoms with Gasteiger partial charge in [-0.25, -0.2) is 0 Å². The predicted octanol–water partition coefficient (Wildman–Crippen LogP) is 4.29. The van der Waals surface area contributed by atoms with Crippen molar-refractivity contribution in [1.82, 2.24) is 0 Å². The van der Waals surface area contributed by atoms with Crippen LogP contribution in [0.25, 0.3) is 0 Å². The van der Waals surface area contributed by atoms with Gasteiger partial charge in [0.1, 0.15) is 5.60 Å². The fourth-order valence-corrected chi connectivity index (χ4v) is 2.62. The average Bonchev–Trinajstić information content (AvgIpc) is 2.49. The van der Waals surface area contributed by atoms with Crippen LogP contribution >= 0.6 is 15.9 Å². The molecular formula is C16H23BrO3. The summed E-state index contributed by atoms with van der Waals surface area (Å²) in [7, 11) is 0. The van der Waals surface area contributed by atoms with Crippen LogP contribution in [0.4, 0.5) is 0 Å². The van der Waals surface area contributed by atoms with Crippen molar-refractivity contribution in [2.24, 2.45) is 0 Å². The Morgan fingerprint density at radius 2 is 1.95 bits per heavy atom. The second kappa shape index (κ2) is 7.55. The molecule has 0 spiro atoms. The van der Waals surface area contributed by atoms with Gasteiger partial charge < -0.3 is 14.2 Å². The van der Waals surface area contributed by atoms with Crippen molar-refractivity contribution in [1.29, 1.82) is 0 Å².